The van der Waals surface area contributed by atoms with Gasteiger partial charge >= 0.3 is 0 Å². The van der Waals surface area contributed by atoms with E-state index < -0.39 is 5.91 Å². The Labute approximate surface area is 195 Å². The fraction of sp³-hybridized carbons (Fsp3) is 0.0769. The zero-order valence-corrected chi connectivity index (χ0v) is 18.3. The molecule has 5 rings (SSSR count). The Bertz CT molecular complexity index is 1400. The molecule has 0 fully saturated rings. The number of carbonyl (C=O) groups excluding carboxylic acids is 1. The molecule has 33 heavy (non-hydrogen) atoms. The molecule has 0 aliphatic rings. The second-order valence-corrected chi connectivity index (χ2v) is 7.90. The van der Waals surface area contributed by atoms with Gasteiger partial charge in [-0.3, -0.25) is 9.48 Å². The summed E-state index contributed by atoms with van der Waals surface area (Å²) in [6, 6.07) is 27.1. The summed E-state index contributed by atoms with van der Waals surface area (Å²) in [5, 5.41) is 9.54. The summed E-state index contributed by atoms with van der Waals surface area (Å²) >= 11 is 6.26. The molecule has 7 heteroatoms. The van der Waals surface area contributed by atoms with Gasteiger partial charge in [-0.15, -0.1) is 0 Å². The summed E-state index contributed by atoms with van der Waals surface area (Å²) < 4.78 is 13.3. The molecule has 0 unspecified atom stereocenters. The first-order chi connectivity index (χ1) is 16.2. The highest BCUT2D eigenvalue weighted by molar-refractivity contribution is 6.33. The molecule has 164 valence electrons. The van der Waals surface area contributed by atoms with Crippen LogP contribution in [0.2, 0.25) is 5.02 Å². The van der Waals surface area contributed by atoms with E-state index in [4.69, 9.17) is 20.8 Å². The standard InChI is InChI=1S/C26H20ClN3O3/c27-22-16-30(15-18-7-2-1-3-8-18)29-25(22)28-26(31)24-14-13-20(33-24)17-32-23-12-6-10-19-9-4-5-11-21(19)23/h1-14,16H,15,17H2,(H,28,29,31). The first-order valence-electron chi connectivity index (χ1n) is 10.4. The van der Waals surface area contributed by atoms with Crippen molar-refractivity contribution in [2.24, 2.45) is 0 Å². The van der Waals surface area contributed by atoms with Crippen LogP contribution in [-0.4, -0.2) is 15.7 Å². The van der Waals surface area contributed by atoms with Crippen LogP contribution >= 0.6 is 11.6 Å². The zero-order valence-electron chi connectivity index (χ0n) is 17.6. The molecule has 5 aromatic rings. The number of amides is 1. The van der Waals surface area contributed by atoms with Gasteiger partial charge in [0.2, 0.25) is 0 Å². The number of ether oxygens (including phenoxy) is 1. The number of carbonyl (C=O) groups is 1. The molecule has 0 saturated carbocycles. The fourth-order valence-electron chi connectivity index (χ4n) is 3.55. The number of hydrogen-bond donors (Lipinski definition) is 1. The van der Waals surface area contributed by atoms with Crippen LogP contribution in [-0.2, 0) is 13.2 Å². The van der Waals surface area contributed by atoms with Crippen LogP contribution in [0.3, 0.4) is 0 Å². The van der Waals surface area contributed by atoms with Crippen LogP contribution in [0.4, 0.5) is 5.82 Å². The minimum Gasteiger partial charge on any atom is -0.485 e. The van der Waals surface area contributed by atoms with Gasteiger partial charge in [0, 0.05) is 11.6 Å². The van der Waals surface area contributed by atoms with Crippen molar-refractivity contribution in [1.29, 1.82) is 0 Å². The number of rotatable bonds is 7. The fourth-order valence-corrected chi connectivity index (χ4v) is 3.75. The summed E-state index contributed by atoms with van der Waals surface area (Å²) in [5.74, 6) is 1.29. The molecule has 0 saturated heterocycles. The molecule has 6 nitrogen and oxygen atoms in total. The summed E-state index contributed by atoms with van der Waals surface area (Å²) in [4.78, 5) is 12.6. The lowest BCUT2D eigenvalue weighted by molar-refractivity contribution is 0.0992. The lowest BCUT2D eigenvalue weighted by Crippen LogP contribution is -2.12. The highest BCUT2D eigenvalue weighted by atomic mass is 35.5. The van der Waals surface area contributed by atoms with Crippen molar-refractivity contribution in [1.82, 2.24) is 9.78 Å². The average Bonchev–Trinajstić information content (AvgIpc) is 3.45. The molecule has 0 aliphatic heterocycles. The number of nitrogens with one attached hydrogen (secondary N) is 1. The maximum absolute atomic E-state index is 12.6. The molecule has 0 atom stereocenters. The average molecular weight is 458 g/mol. The summed E-state index contributed by atoms with van der Waals surface area (Å²) in [5.41, 5.74) is 1.08. The van der Waals surface area contributed by atoms with Crippen molar-refractivity contribution in [2.45, 2.75) is 13.2 Å². The number of hydrogen-bond acceptors (Lipinski definition) is 4. The minimum absolute atomic E-state index is 0.153. The number of furan rings is 1. The lowest BCUT2D eigenvalue weighted by Gasteiger charge is -2.08. The van der Waals surface area contributed by atoms with Crippen LogP contribution in [0.5, 0.6) is 5.75 Å². The van der Waals surface area contributed by atoms with E-state index in [9.17, 15) is 4.79 Å². The molecule has 0 radical (unpaired) electrons. The van der Waals surface area contributed by atoms with E-state index in [2.05, 4.69) is 10.4 Å². The molecular formula is C26H20ClN3O3. The minimum atomic E-state index is -0.432. The predicted molar refractivity (Wildman–Crippen MR) is 128 cm³/mol. The quantitative estimate of drug-likeness (QED) is 0.317. The van der Waals surface area contributed by atoms with Crippen LogP contribution in [0.15, 0.2) is 95.5 Å². The largest absolute Gasteiger partial charge is 0.485 e. The van der Waals surface area contributed by atoms with Crippen LogP contribution < -0.4 is 10.1 Å². The highest BCUT2D eigenvalue weighted by Crippen LogP contribution is 2.26. The second kappa shape index (κ2) is 9.22. The molecule has 2 heterocycles. The number of halogens is 1. The van der Waals surface area contributed by atoms with E-state index in [1.165, 1.54) is 0 Å². The van der Waals surface area contributed by atoms with Gasteiger partial charge in [0.1, 0.15) is 23.1 Å². The molecular weight excluding hydrogens is 438 g/mol. The molecule has 1 amide bonds. The van der Waals surface area contributed by atoms with Gasteiger partial charge in [-0.05, 0) is 29.1 Å². The van der Waals surface area contributed by atoms with Gasteiger partial charge in [-0.25, -0.2) is 0 Å². The topological polar surface area (TPSA) is 69.3 Å². The Morgan fingerprint density at radius 2 is 1.76 bits per heavy atom. The Morgan fingerprint density at radius 3 is 2.64 bits per heavy atom. The SMILES string of the molecule is O=C(Nc1nn(Cc2ccccc2)cc1Cl)c1ccc(COc2cccc3ccccc23)o1. The van der Waals surface area contributed by atoms with E-state index in [0.717, 1.165) is 22.1 Å². The van der Waals surface area contributed by atoms with Gasteiger partial charge in [0.25, 0.3) is 5.91 Å². The van der Waals surface area contributed by atoms with Crippen molar-refractivity contribution in [3.05, 3.63) is 113 Å². The Balaban J connectivity index is 1.23. The Morgan fingerprint density at radius 1 is 0.970 bits per heavy atom. The smallest absolute Gasteiger partial charge is 0.292 e. The molecule has 0 bridgehead atoms. The van der Waals surface area contributed by atoms with Crippen molar-refractivity contribution < 1.29 is 13.9 Å². The summed E-state index contributed by atoms with van der Waals surface area (Å²) in [7, 11) is 0. The number of nitrogens with zero attached hydrogens (tertiary/aromatic N) is 2. The van der Waals surface area contributed by atoms with Gasteiger partial charge in [0.05, 0.1) is 6.54 Å². The molecule has 3 aromatic carbocycles. The third kappa shape index (κ3) is 4.76. The van der Waals surface area contributed by atoms with Crippen LogP contribution in [0.1, 0.15) is 21.9 Å². The van der Waals surface area contributed by atoms with E-state index in [1.54, 1.807) is 23.0 Å². The van der Waals surface area contributed by atoms with E-state index >= 15 is 0 Å². The van der Waals surface area contributed by atoms with E-state index in [1.807, 2.05) is 72.8 Å². The molecule has 1 N–H and O–H groups in total. The first kappa shape index (κ1) is 20.8. The molecule has 2 aromatic heterocycles. The van der Waals surface area contributed by atoms with Crippen molar-refractivity contribution in [3.8, 4) is 5.75 Å². The molecule has 0 aliphatic carbocycles. The third-order valence-corrected chi connectivity index (χ3v) is 5.42. The maximum atomic E-state index is 12.6. The van der Waals surface area contributed by atoms with Crippen molar-refractivity contribution in [2.75, 3.05) is 5.32 Å². The van der Waals surface area contributed by atoms with Crippen molar-refractivity contribution >= 4 is 34.1 Å². The number of fused-ring (bicyclic) bond motifs is 1. The van der Waals surface area contributed by atoms with Crippen LogP contribution in [0.25, 0.3) is 10.8 Å². The summed E-state index contributed by atoms with van der Waals surface area (Å²) in [6.07, 6.45) is 1.68. The van der Waals surface area contributed by atoms with Gasteiger partial charge in [-0.1, -0.05) is 78.3 Å². The monoisotopic (exact) mass is 457 g/mol. The zero-order chi connectivity index (χ0) is 22.6. The third-order valence-electron chi connectivity index (χ3n) is 5.14. The van der Waals surface area contributed by atoms with Gasteiger partial charge in [0.15, 0.2) is 11.6 Å². The summed E-state index contributed by atoms with van der Waals surface area (Å²) in [6.45, 7) is 0.751. The first-order valence-corrected chi connectivity index (χ1v) is 10.8. The number of anilines is 1. The lowest BCUT2D eigenvalue weighted by atomic mass is 10.1. The number of benzene rings is 3. The second-order valence-electron chi connectivity index (χ2n) is 7.49. The number of aromatic nitrogens is 2. The van der Waals surface area contributed by atoms with Crippen molar-refractivity contribution in [3.63, 3.8) is 0 Å². The van der Waals surface area contributed by atoms with Crippen LogP contribution in [0, 0.1) is 0 Å². The highest BCUT2D eigenvalue weighted by Gasteiger charge is 2.16. The van der Waals surface area contributed by atoms with Gasteiger partial charge in [-0.2, -0.15) is 5.10 Å². The normalized spacial score (nSPS) is 10.9. The maximum Gasteiger partial charge on any atom is 0.292 e. The Kier molecular flexibility index (Phi) is 5.83. The predicted octanol–water partition coefficient (Wildman–Crippen LogP) is 6.16. The van der Waals surface area contributed by atoms with E-state index in [0.29, 0.717) is 17.3 Å². The van der Waals surface area contributed by atoms with E-state index in [-0.39, 0.29) is 18.2 Å². The van der Waals surface area contributed by atoms with Gasteiger partial charge < -0.3 is 14.5 Å². The Hall–Kier alpha value is -4.03. The molecule has 0 spiro atoms.